The molecule has 6 aromatic carbocycles. The maximum Gasteiger partial charge on any atom is 0.120 e. The largest absolute Gasteiger partial charge is 0.501 e. The molecule has 0 unspecified atom stereocenters. The molecule has 0 saturated heterocycles. The number of fused-ring (bicyclic) bond motifs is 4. The number of furan rings is 1. The van der Waals surface area contributed by atoms with Gasteiger partial charge in [-0.15, -0.1) is 54.1 Å². The molecule has 9 rings (SSSR count). The van der Waals surface area contributed by atoms with Gasteiger partial charge in [-0.1, -0.05) is 95.9 Å². The van der Waals surface area contributed by atoms with Gasteiger partial charge in [0.15, 0.2) is 0 Å². The van der Waals surface area contributed by atoms with E-state index in [4.69, 9.17) is 9.40 Å². The molecule has 0 N–H and O–H groups in total. The van der Waals surface area contributed by atoms with E-state index in [-0.39, 0.29) is 20.1 Å². The predicted octanol–water partition coefficient (Wildman–Crippen LogP) is 12.1. The summed E-state index contributed by atoms with van der Waals surface area (Å²) in [6, 6.07) is 56.4. The van der Waals surface area contributed by atoms with Crippen LogP contribution in [-0.2, 0) is 20.1 Å². The van der Waals surface area contributed by atoms with Gasteiger partial charge in [-0.2, -0.15) is 0 Å². The fourth-order valence-corrected chi connectivity index (χ4v) is 6.42. The Morgan fingerprint density at radius 2 is 1.34 bits per heavy atom. The molecule has 50 heavy (non-hydrogen) atoms. The van der Waals surface area contributed by atoms with E-state index in [1.165, 1.54) is 38.6 Å². The van der Waals surface area contributed by atoms with Gasteiger partial charge in [0.1, 0.15) is 5.58 Å². The van der Waals surface area contributed by atoms with Crippen LogP contribution in [0.5, 0.6) is 0 Å². The summed E-state index contributed by atoms with van der Waals surface area (Å²) in [5.41, 5.74) is 12.7. The Morgan fingerprint density at radius 1 is 0.540 bits per heavy atom. The standard InChI is InChI=1S/C35H24NO.C11H8N.Ir/c1-22-17-27-18-25(24-9-4-3-5-10-24)15-16-26(27)19-31(22)32-20-33(36-21-23(32)2)30-13-8-12-29-28-11-6-7-14-34(28)37-35(29)30;1-2-6-10(7-3-1)11-8-4-5-9-12-11;/h3-12,14-21H,1-2H3;1-6,8-9H;/q2*-1;. The van der Waals surface area contributed by atoms with Crippen LogP contribution in [0.25, 0.3) is 77.5 Å². The maximum absolute atomic E-state index is 6.27. The molecule has 3 heterocycles. The van der Waals surface area contributed by atoms with Crippen molar-refractivity contribution >= 4 is 32.7 Å². The zero-order chi connectivity index (χ0) is 33.2. The maximum atomic E-state index is 6.27. The smallest absolute Gasteiger partial charge is 0.120 e. The molecule has 3 aromatic heterocycles. The Morgan fingerprint density at radius 3 is 2.16 bits per heavy atom. The summed E-state index contributed by atoms with van der Waals surface area (Å²) in [5.74, 6) is 0. The molecule has 0 spiro atoms. The second-order valence-electron chi connectivity index (χ2n) is 12.2. The van der Waals surface area contributed by atoms with Gasteiger partial charge < -0.3 is 14.4 Å². The summed E-state index contributed by atoms with van der Waals surface area (Å²) in [4.78, 5) is 9.02. The molecule has 9 aromatic rings. The average Bonchev–Trinajstić information content (AvgIpc) is 3.55. The van der Waals surface area contributed by atoms with Crippen LogP contribution in [0.2, 0.25) is 0 Å². The summed E-state index contributed by atoms with van der Waals surface area (Å²) in [6.45, 7) is 4.31. The third kappa shape index (κ3) is 6.52. The number of hydrogen-bond donors (Lipinski definition) is 0. The first kappa shape index (κ1) is 32.9. The van der Waals surface area contributed by atoms with Gasteiger partial charge in [0.25, 0.3) is 0 Å². The first-order valence-electron chi connectivity index (χ1n) is 16.4. The Bertz CT molecular complexity index is 2520. The molecule has 0 aliphatic heterocycles. The van der Waals surface area contributed by atoms with Crippen molar-refractivity contribution in [2.45, 2.75) is 13.8 Å². The van der Waals surface area contributed by atoms with E-state index in [9.17, 15) is 0 Å². The van der Waals surface area contributed by atoms with Crippen molar-refractivity contribution in [3.8, 4) is 44.8 Å². The zero-order valence-corrected chi connectivity index (χ0v) is 30.0. The van der Waals surface area contributed by atoms with E-state index in [1.54, 1.807) is 6.20 Å². The minimum absolute atomic E-state index is 0. The predicted molar refractivity (Wildman–Crippen MR) is 202 cm³/mol. The average molecular weight is 821 g/mol. The fourth-order valence-electron chi connectivity index (χ4n) is 6.42. The van der Waals surface area contributed by atoms with Gasteiger partial charge in [-0.05, 0) is 93.7 Å². The molecule has 0 aliphatic carbocycles. The van der Waals surface area contributed by atoms with Crippen LogP contribution in [0, 0.1) is 26.0 Å². The van der Waals surface area contributed by atoms with Crippen LogP contribution < -0.4 is 0 Å². The molecule has 1 radical (unpaired) electrons. The quantitative estimate of drug-likeness (QED) is 0.166. The van der Waals surface area contributed by atoms with Gasteiger partial charge in [0.05, 0.1) is 5.58 Å². The number of rotatable bonds is 4. The monoisotopic (exact) mass is 821 g/mol. The Kier molecular flexibility index (Phi) is 9.49. The van der Waals surface area contributed by atoms with Crippen LogP contribution in [-0.4, -0.2) is 9.97 Å². The van der Waals surface area contributed by atoms with Crippen LogP contribution >= 0.6 is 0 Å². The van der Waals surface area contributed by atoms with Crippen molar-refractivity contribution < 1.29 is 24.5 Å². The van der Waals surface area contributed by atoms with Crippen molar-refractivity contribution in [3.63, 3.8) is 0 Å². The van der Waals surface area contributed by atoms with Gasteiger partial charge in [-0.25, -0.2) is 0 Å². The van der Waals surface area contributed by atoms with Gasteiger partial charge in [-0.3, -0.25) is 0 Å². The first-order chi connectivity index (χ1) is 24.1. The summed E-state index contributed by atoms with van der Waals surface area (Å²) < 4.78 is 6.27. The molecule has 243 valence electrons. The molecule has 3 nitrogen and oxygen atoms in total. The second kappa shape index (κ2) is 14.4. The van der Waals surface area contributed by atoms with Crippen molar-refractivity contribution in [2.75, 3.05) is 0 Å². The SMILES string of the molecule is Cc1cnc(-c2[c-]ccc3c2oc2ccccc23)cc1-c1cc2ccc(-c3ccccc3)cc2cc1C.[Ir].[c-]1ccccc1-c1ccccn1. The third-order valence-electron chi connectivity index (χ3n) is 8.93. The molecule has 0 bridgehead atoms. The fraction of sp³-hybridized carbons (Fsp3) is 0.0435. The normalized spacial score (nSPS) is 10.8. The van der Waals surface area contributed by atoms with Crippen LogP contribution in [0.4, 0.5) is 0 Å². The Hall–Kier alpha value is -5.67. The van der Waals surface area contributed by atoms with E-state index < -0.39 is 0 Å². The van der Waals surface area contributed by atoms with E-state index in [2.05, 4.69) is 110 Å². The molecular weight excluding hydrogens is 789 g/mol. The van der Waals surface area contributed by atoms with E-state index in [0.717, 1.165) is 50.0 Å². The molecule has 0 atom stereocenters. The number of aryl methyl sites for hydroxylation is 2. The number of nitrogens with zero attached hydrogens (tertiary/aromatic N) is 2. The molecule has 0 fully saturated rings. The number of benzene rings is 6. The minimum atomic E-state index is 0. The topological polar surface area (TPSA) is 38.9 Å². The second-order valence-corrected chi connectivity index (χ2v) is 12.2. The number of para-hydroxylation sites is 1. The van der Waals surface area contributed by atoms with Crippen molar-refractivity contribution in [1.29, 1.82) is 0 Å². The minimum Gasteiger partial charge on any atom is -0.501 e. The van der Waals surface area contributed by atoms with Crippen LogP contribution in [0.1, 0.15) is 11.1 Å². The van der Waals surface area contributed by atoms with Gasteiger partial charge in [0.2, 0.25) is 0 Å². The van der Waals surface area contributed by atoms with E-state index >= 15 is 0 Å². The van der Waals surface area contributed by atoms with Crippen LogP contribution in [0.15, 0.2) is 162 Å². The number of aromatic nitrogens is 2. The van der Waals surface area contributed by atoms with Crippen LogP contribution in [0.3, 0.4) is 0 Å². The Labute approximate surface area is 305 Å². The molecule has 4 heteroatoms. The van der Waals surface area contributed by atoms with Crippen molar-refractivity contribution in [2.24, 2.45) is 0 Å². The van der Waals surface area contributed by atoms with Crippen molar-refractivity contribution in [3.05, 3.63) is 181 Å². The number of hydrogen-bond acceptors (Lipinski definition) is 3. The third-order valence-corrected chi connectivity index (χ3v) is 8.93. The van der Waals surface area contributed by atoms with Gasteiger partial charge >= 0.3 is 0 Å². The van der Waals surface area contributed by atoms with Gasteiger partial charge in [0, 0.05) is 37.9 Å². The summed E-state index contributed by atoms with van der Waals surface area (Å²) >= 11 is 0. The van der Waals surface area contributed by atoms with Crippen molar-refractivity contribution in [1.82, 2.24) is 9.97 Å². The zero-order valence-electron chi connectivity index (χ0n) is 27.6. The molecule has 0 amide bonds. The Balaban J connectivity index is 0.000000255. The summed E-state index contributed by atoms with van der Waals surface area (Å²) in [5, 5.41) is 4.67. The molecular formula is C46H32IrN2O-2. The van der Waals surface area contributed by atoms with E-state index in [1.807, 2.05) is 72.9 Å². The van der Waals surface area contributed by atoms with E-state index in [0.29, 0.717) is 0 Å². The first-order valence-corrected chi connectivity index (χ1v) is 16.4. The molecule has 0 saturated carbocycles. The molecule has 0 aliphatic rings. The number of pyridine rings is 2. The summed E-state index contributed by atoms with van der Waals surface area (Å²) in [6.07, 6.45) is 3.75. The summed E-state index contributed by atoms with van der Waals surface area (Å²) in [7, 11) is 0.